The van der Waals surface area contributed by atoms with Crippen LogP contribution in [0.3, 0.4) is 0 Å². The lowest BCUT2D eigenvalue weighted by Gasteiger charge is -2.09. The fraction of sp³-hybridized carbons (Fsp3) is 0.375. The van der Waals surface area contributed by atoms with Gasteiger partial charge in [-0.25, -0.2) is 9.97 Å². The van der Waals surface area contributed by atoms with E-state index >= 15 is 0 Å². The molecule has 2 rings (SSSR count). The van der Waals surface area contributed by atoms with Crippen molar-refractivity contribution in [2.24, 2.45) is 0 Å². The second kappa shape index (κ2) is 8.21. The molecule has 0 fully saturated rings. The monoisotopic (exact) mass is 286 g/mol. The van der Waals surface area contributed by atoms with Gasteiger partial charge in [0.25, 0.3) is 0 Å². The maximum absolute atomic E-state index is 5.34. The summed E-state index contributed by atoms with van der Waals surface area (Å²) in [4.78, 5) is 8.50. The molecule has 0 aliphatic carbocycles. The summed E-state index contributed by atoms with van der Waals surface area (Å²) < 4.78 is 5.34. The van der Waals surface area contributed by atoms with E-state index in [-0.39, 0.29) is 0 Å². The molecule has 0 saturated heterocycles. The molecule has 1 heterocycles. The summed E-state index contributed by atoms with van der Waals surface area (Å²) >= 11 is 0. The average molecular weight is 286 g/mol. The van der Waals surface area contributed by atoms with Crippen LogP contribution in [0.25, 0.3) is 0 Å². The molecule has 0 radical (unpaired) electrons. The molecule has 0 spiro atoms. The van der Waals surface area contributed by atoms with Crippen LogP contribution in [0.1, 0.15) is 18.1 Å². The van der Waals surface area contributed by atoms with Crippen LogP contribution in [0.2, 0.25) is 0 Å². The number of anilines is 1. The highest BCUT2D eigenvalue weighted by Crippen LogP contribution is 2.17. The Labute approximate surface area is 125 Å². The van der Waals surface area contributed by atoms with Gasteiger partial charge in [0.15, 0.2) is 0 Å². The predicted octanol–water partition coefficient (Wildman–Crippen LogP) is 2.25. The summed E-state index contributed by atoms with van der Waals surface area (Å²) in [5.41, 5.74) is 2.29. The highest BCUT2D eigenvalue weighted by Gasteiger charge is 2.01. The van der Waals surface area contributed by atoms with Crippen molar-refractivity contribution in [2.45, 2.75) is 19.9 Å². The number of benzene rings is 1. The van der Waals surface area contributed by atoms with Crippen LogP contribution >= 0.6 is 0 Å². The quantitative estimate of drug-likeness (QED) is 0.729. The molecule has 2 N–H and O–H groups in total. The van der Waals surface area contributed by atoms with E-state index in [9.17, 15) is 0 Å². The van der Waals surface area contributed by atoms with Crippen LogP contribution in [0.4, 0.5) is 5.95 Å². The molecule has 1 aromatic heterocycles. The number of hydrogen-bond donors (Lipinski definition) is 2. The maximum atomic E-state index is 5.34. The lowest BCUT2D eigenvalue weighted by atomic mass is 10.1. The Hall–Kier alpha value is -2.14. The fourth-order valence-electron chi connectivity index (χ4n) is 2.06. The molecular weight excluding hydrogens is 264 g/mol. The Bertz CT molecular complexity index is 542. The van der Waals surface area contributed by atoms with Crippen molar-refractivity contribution in [3.8, 4) is 5.75 Å². The van der Waals surface area contributed by atoms with Crippen LogP contribution in [-0.2, 0) is 13.0 Å². The van der Waals surface area contributed by atoms with Crippen LogP contribution in [0, 0.1) is 0 Å². The Balaban J connectivity index is 1.76. The first-order valence-electron chi connectivity index (χ1n) is 7.21. The lowest BCUT2D eigenvalue weighted by Crippen LogP contribution is -2.17. The zero-order valence-electron chi connectivity index (χ0n) is 12.6. The molecule has 0 aliphatic heterocycles. The van der Waals surface area contributed by atoms with Gasteiger partial charge in [-0.3, -0.25) is 0 Å². The van der Waals surface area contributed by atoms with Crippen molar-refractivity contribution in [2.75, 3.05) is 25.5 Å². The molecule has 0 aliphatic rings. The van der Waals surface area contributed by atoms with Crippen molar-refractivity contribution in [3.63, 3.8) is 0 Å². The zero-order valence-corrected chi connectivity index (χ0v) is 12.6. The molecular formula is C16H22N4O. The van der Waals surface area contributed by atoms with Gasteiger partial charge in [-0.1, -0.05) is 18.2 Å². The maximum Gasteiger partial charge on any atom is 0.222 e. The van der Waals surface area contributed by atoms with E-state index in [1.165, 1.54) is 5.56 Å². The van der Waals surface area contributed by atoms with Gasteiger partial charge >= 0.3 is 0 Å². The van der Waals surface area contributed by atoms with E-state index < -0.39 is 0 Å². The van der Waals surface area contributed by atoms with Gasteiger partial charge in [-0.2, -0.15) is 0 Å². The molecule has 0 amide bonds. The summed E-state index contributed by atoms with van der Waals surface area (Å²) in [6, 6.07) is 8.10. The third-order valence-corrected chi connectivity index (χ3v) is 3.13. The third kappa shape index (κ3) is 4.72. The molecule has 0 bridgehead atoms. The van der Waals surface area contributed by atoms with Crippen molar-refractivity contribution >= 4 is 5.95 Å². The summed E-state index contributed by atoms with van der Waals surface area (Å²) in [6.45, 7) is 4.50. The average Bonchev–Trinajstić information content (AvgIpc) is 2.54. The van der Waals surface area contributed by atoms with Gasteiger partial charge in [0, 0.05) is 31.0 Å². The predicted molar refractivity (Wildman–Crippen MR) is 84.6 cm³/mol. The number of rotatable bonds is 8. The van der Waals surface area contributed by atoms with Crippen LogP contribution < -0.4 is 15.4 Å². The van der Waals surface area contributed by atoms with Gasteiger partial charge in [-0.05, 0) is 31.5 Å². The number of nitrogens with one attached hydrogen (secondary N) is 2. The highest BCUT2D eigenvalue weighted by atomic mass is 16.5. The minimum absolute atomic E-state index is 0.676. The lowest BCUT2D eigenvalue weighted by molar-refractivity contribution is 0.409. The number of ether oxygens (including phenoxy) is 1. The highest BCUT2D eigenvalue weighted by molar-refractivity contribution is 5.33. The van der Waals surface area contributed by atoms with Crippen molar-refractivity contribution in [1.29, 1.82) is 0 Å². The molecule has 1 aromatic carbocycles. The van der Waals surface area contributed by atoms with Gasteiger partial charge in [0.1, 0.15) is 5.75 Å². The summed E-state index contributed by atoms with van der Waals surface area (Å²) in [5.74, 6) is 1.62. The topological polar surface area (TPSA) is 59.1 Å². The number of hydrogen-bond acceptors (Lipinski definition) is 5. The SMILES string of the molecule is CCNc1ncc(CNCCc2ccccc2OC)cn1. The van der Waals surface area contributed by atoms with Crippen LogP contribution in [-0.4, -0.2) is 30.2 Å². The van der Waals surface area contributed by atoms with Crippen molar-refractivity contribution in [3.05, 3.63) is 47.8 Å². The number of nitrogens with zero attached hydrogens (tertiary/aromatic N) is 2. The Morgan fingerprint density at radius 2 is 1.90 bits per heavy atom. The number of methoxy groups -OCH3 is 1. The first-order chi connectivity index (χ1) is 10.3. The first kappa shape index (κ1) is 15.3. The normalized spacial score (nSPS) is 10.4. The van der Waals surface area contributed by atoms with Gasteiger partial charge in [-0.15, -0.1) is 0 Å². The molecule has 21 heavy (non-hydrogen) atoms. The van der Waals surface area contributed by atoms with E-state index in [1.807, 2.05) is 37.5 Å². The minimum Gasteiger partial charge on any atom is -0.496 e. The molecule has 0 saturated carbocycles. The van der Waals surface area contributed by atoms with E-state index in [0.29, 0.717) is 5.95 Å². The number of para-hydroxylation sites is 1. The standard InChI is InChI=1S/C16H22N4O/c1-3-18-16-19-11-13(12-20-16)10-17-9-8-14-6-4-5-7-15(14)21-2/h4-7,11-12,17H,3,8-10H2,1-2H3,(H,18,19,20). The largest absolute Gasteiger partial charge is 0.496 e. The van der Waals surface area contributed by atoms with Gasteiger partial charge in [0.2, 0.25) is 5.95 Å². The van der Waals surface area contributed by atoms with Crippen molar-refractivity contribution < 1.29 is 4.74 Å². The zero-order chi connectivity index (χ0) is 14.9. The fourth-order valence-corrected chi connectivity index (χ4v) is 2.06. The Morgan fingerprint density at radius 3 is 2.62 bits per heavy atom. The van der Waals surface area contributed by atoms with E-state index in [4.69, 9.17) is 4.74 Å². The van der Waals surface area contributed by atoms with Crippen LogP contribution in [0.5, 0.6) is 5.75 Å². The summed E-state index contributed by atoms with van der Waals surface area (Å²) in [6.07, 6.45) is 4.63. The van der Waals surface area contributed by atoms with E-state index in [1.54, 1.807) is 7.11 Å². The summed E-state index contributed by atoms with van der Waals surface area (Å²) in [7, 11) is 1.70. The molecule has 2 aromatic rings. The Morgan fingerprint density at radius 1 is 1.14 bits per heavy atom. The second-order valence-corrected chi connectivity index (χ2v) is 4.68. The van der Waals surface area contributed by atoms with Gasteiger partial charge in [0.05, 0.1) is 7.11 Å². The smallest absolute Gasteiger partial charge is 0.222 e. The molecule has 5 heteroatoms. The summed E-state index contributed by atoms with van der Waals surface area (Å²) in [5, 5.41) is 6.48. The van der Waals surface area contributed by atoms with Crippen molar-refractivity contribution in [1.82, 2.24) is 15.3 Å². The number of aromatic nitrogens is 2. The van der Waals surface area contributed by atoms with E-state index in [0.717, 1.165) is 37.4 Å². The molecule has 112 valence electrons. The molecule has 0 atom stereocenters. The van der Waals surface area contributed by atoms with E-state index in [2.05, 4.69) is 26.7 Å². The second-order valence-electron chi connectivity index (χ2n) is 4.68. The molecule has 0 unspecified atom stereocenters. The minimum atomic E-state index is 0.676. The first-order valence-corrected chi connectivity index (χ1v) is 7.21. The van der Waals surface area contributed by atoms with Gasteiger partial charge < -0.3 is 15.4 Å². The third-order valence-electron chi connectivity index (χ3n) is 3.13. The van der Waals surface area contributed by atoms with Crippen LogP contribution in [0.15, 0.2) is 36.7 Å². The molecule has 5 nitrogen and oxygen atoms in total. The Kier molecular flexibility index (Phi) is 5.97.